The van der Waals surface area contributed by atoms with Crippen LogP contribution < -0.4 is 15.4 Å². The van der Waals surface area contributed by atoms with Gasteiger partial charge >= 0.3 is 6.18 Å². The van der Waals surface area contributed by atoms with Crippen molar-refractivity contribution >= 4 is 11.6 Å². The number of carbonyl (C=O) groups excluding carboxylic acids is 1. The fraction of sp³-hybridized carbons (Fsp3) is 0.500. The molecule has 1 amide bonds. The molecule has 1 aliphatic heterocycles. The van der Waals surface area contributed by atoms with Crippen molar-refractivity contribution in [1.82, 2.24) is 5.32 Å². The Kier molecular flexibility index (Phi) is 4.72. The van der Waals surface area contributed by atoms with Crippen LogP contribution in [0.25, 0.3) is 0 Å². The van der Waals surface area contributed by atoms with E-state index in [0.717, 1.165) is 6.54 Å². The Labute approximate surface area is 120 Å². The van der Waals surface area contributed by atoms with E-state index in [0.29, 0.717) is 12.2 Å². The van der Waals surface area contributed by atoms with Gasteiger partial charge in [-0.05, 0) is 36.7 Å². The van der Waals surface area contributed by atoms with Crippen LogP contribution in [0.5, 0.6) is 5.75 Å². The number of alkyl halides is 3. The van der Waals surface area contributed by atoms with Gasteiger partial charge in [0.1, 0.15) is 5.75 Å². The van der Waals surface area contributed by atoms with E-state index < -0.39 is 12.8 Å². The molecule has 1 saturated heterocycles. The summed E-state index contributed by atoms with van der Waals surface area (Å²) in [4.78, 5) is 12.0. The second-order valence-corrected chi connectivity index (χ2v) is 5.16. The summed E-state index contributed by atoms with van der Waals surface area (Å²) in [6, 6.07) is 5.85. The van der Waals surface area contributed by atoms with Crippen molar-refractivity contribution < 1.29 is 22.7 Å². The van der Waals surface area contributed by atoms with E-state index in [2.05, 4.69) is 15.4 Å². The van der Waals surface area contributed by atoms with Crippen LogP contribution in [0.1, 0.15) is 6.92 Å². The molecular weight excluding hydrogens is 285 g/mol. The smallest absolute Gasteiger partial charge is 0.422 e. The third-order valence-corrected chi connectivity index (χ3v) is 3.38. The maximum Gasteiger partial charge on any atom is 0.422 e. The average molecular weight is 302 g/mol. The van der Waals surface area contributed by atoms with E-state index in [-0.39, 0.29) is 23.5 Å². The van der Waals surface area contributed by atoms with E-state index in [1.165, 1.54) is 24.3 Å². The lowest BCUT2D eigenvalue weighted by Crippen LogP contribution is -2.27. The number of rotatable bonds is 4. The number of halogens is 3. The summed E-state index contributed by atoms with van der Waals surface area (Å²) in [5.74, 6) is 0.197. The first kappa shape index (κ1) is 15.6. The Bertz CT molecular complexity index is 488. The third kappa shape index (κ3) is 4.63. The predicted octanol–water partition coefficient (Wildman–Crippen LogP) is 2.42. The average Bonchev–Trinajstić information content (AvgIpc) is 2.83. The molecule has 2 N–H and O–H groups in total. The van der Waals surface area contributed by atoms with Crippen molar-refractivity contribution in [3.05, 3.63) is 24.3 Å². The molecule has 1 aromatic rings. The number of hydrogen-bond donors (Lipinski definition) is 2. The Morgan fingerprint density at radius 1 is 1.33 bits per heavy atom. The standard InChI is InChI=1S/C14H17F3N2O2/c1-9-6-18-7-12(9)13(20)19-10-2-4-11(5-3-10)21-8-14(15,16)17/h2-5,9,12,18H,6-8H2,1H3,(H,19,20)/t9-,12-/m1/s1. The predicted molar refractivity (Wildman–Crippen MR) is 72.1 cm³/mol. The minimum Gasteiger partial charge on any atom is -0.484 e. The molecule has 4 nitrogen and oxygen atoms in total. The summed E-state index contributed by atoms with van der Waals surface area (Å²) in [7, 11) is 0. The van der Waals surface area contributed by atoms with Gasteiger partial charge in [-0.1, -0.05) is 6.92 Å². The van der Waals surface area contributed by atoms with Crippen molar-refractivity contribution in [2.24, 2.45) is 11.8 Å². The Balaban J connectivity index is 1.89. The van der Waals surface area contributed by atoms with Crippen molar-refractivity contribution in [2.45, 2.75) is 13.1 Å². The summed E-state index contributed by atoms with van der Waals surface area (Å²) < 4.78 is 40.6. The fourth-order valence-electron chi connectivity index (χ4n) is 2.20. The molecular formula is C14H17F3N2O2. The van der Waals surface area contributed by atoms with E-state index in [9.17, 15) is 18.0 Å². The van der Waals surface area contributed by atoms with Gasteiger partial charge in [0.25, 0.3) is 0 Å². The molecule has 1 heterocycles. The minimum atomic E-state index is -4.36. The van der Waals surface area contributed by atoms with Gasteiger partial charge in [0, 0.05) is 12.2 Å². The first-order valence-electron chi connectivity index (χ1n) is 6.66. The summed E-state index contributed by atoms with van der Waals surface area (Å²) in [5, 5.41) is 5.90. The molecule has 2 rings (SSSR count). The molecule has 0 aromatic heterocycles. The maximum absolute atomic E-state index is 12.0. The molecule has 1 aromatic carbocycles. The second-order valence-electron chi connectivity index (χ2n) is 5.16. The molecule has 116 valence electrons. The van der Waals surface area contributed by atoms with Gasteiger partial charge in [0.05, 0.1) is 5.92 Å². The van der Waals surface area contributed by atoms with E-state index in [1.807, 2.05) is 6.92 Å². The molecule has 2 atom stereocenters. The Morgan fingerprint density at radius 3 is 2.52 bits per heavy atom. The molecule has 0 spiro atoms. The third-order valence-electron chi connectivity index (χ3n) is 3.38. The van der Waals surface area contributed by atoms with Crippen LogP contribution in [0.4, 0.5) is 18.9 Å². The van der Waals surface area contributed by atoms with Crippen LogP contribution >= 0.6 is 0 Å². The molecule has 0 bridgehead atoms. The molecule has 0 aliphatic carbocycles. The molecule has 21 heavy (non-hydrogen) atoms. The zero-order valence-corrected chi connectivity index (χ0v) is 11.5. The number of ether oxygens (including phenoxy) is 1. The normalized spacial score (nSPS) is 22.1. The SMILES string of the molecule is C[C@@H]1CNC[C@H]1C(=O)Nc1ccc(OCC(F)(F)F)cc1. The quantitative estimate of drug-likeness (QED) is 0.898. The highest BCUT2D eigenvalue weighted by atomic mass is 19.4. The Morgan fingerprint density at radius 2 is 2.00 bits per heavy atom. The van der Waals surface area contributed by atoms with E-state index >= 15 is 0 Å². The highest BCUT2D eigenvalue weighted by Gasteiger charge is 2.30. The van der Waals surface area contributed by atoms with Crippen LogP contribution in [0.2, 0.25) is 0 Å². The monoisotopic (exact) mass is 302 g/mol. The highest BCUT2D eigenvalue weighted by molar-refractivity contribution is 5.93. The molecule has 0 radical (unpaired) electrons. The topological polar surface area (TPSA) is 50.4 Å². The number of anilines is 1. The molecule has 1 aliphatic rings. The van der Waals surface area contributed by atoms with Crippen LogP contribution in [-0.2, 0) is 4.79 Å². The number of nitrogens with one attached hydrogen (secondary N) is 2. The maximum atomic E-state index is 12.0. The lowest BCUT2D eigenvalue weighted by atomic mass is 9.97. The van der Waals surface area contributed by atoms with Gasteiger partial charge in [0.15, 0.2) is 6.61 Å². The summed E-state index contributed by atoms with van der Waals surface area (Å²) in [6.45, 7) is 2.12. The number of benzene rings is 1. The minimum absolute atomic E-state index is 0.0866. The van der Waals surface area contributed by atoms with Crippen molar-refractivity contribution in [2.75, 3.05) is 25.0 Å². The highest BCUT2D eigenvalue weighted by Crippen LogP contribution is 2.22. The number of hydrogen-bond acceptors (Lipinski definition) is 3. The lowest BCUT2D eigenvalue weighted by Gasteiger charge is -2.14. The van der Waals surface area contributed by atoms with Gasteiger partial charge in [-0.25, -0.2) is 0 Å². The zero-order valence-electron chi connectivity index (χ0n) is 11.5. The van der Waals surface area contributed by atoms with E-state index in [1.54, 1.807) is 0 Å². The van der Waals surface area contributed by atoms with Crippen LogP contribution in [-0.4, -0.2) is 31.8 Å². The molecule has 7 heteroatoms. The lowest BCUT2D eigenvalue weighted by molar-refractivity contribution is -0.153. The van der Waals surface area contributed by atoms with Crippen molar-refractivity contribution in [3.8, 4) is 5.75 Å². The van der Waals surface area contributed by atoms with Gasteiger partial charge in [-0.15, -0.1) is 0 Å². The van der Waals surface area contributed by atoms with E-state index in [4.69, 9.17) is 0 Å². The van der Waals surface area contributed by atoms with Crippen molar-refractivity contribution in [1.29, 1.82) is 0 Å². The Hall–Kier alpha value is -1.76. The van der Waals surface area contributed by atoms with Gasteiger partial charge in [-0.3, -0.25) is 4.79 Å². The fourth-order valence-corrected chi connectivity index (χ4v) is 2.20. The largest absolute Gasteiger partial charge is 0.484 e. The van der Waals surface area contributed by atoms with Crippen LogP contribution in [0.3, 0.4) is 0 Å². The van der Waals surface area contributed by atoms with Gasteiger partial charge in [0.2, 0.25) is 5.91 Å². The van der Waals surface area contributed by atoms with Crippen LogP contribution in [0, 0.1) is 11.8 Å². The molecule has 1 fully saturated rings. The molecule has 0 saturated carbocycles. The first-order chi connectivity index (χ1) is 9.85. The number of amides is 1. The number of carbonyl (C=O) groups is 1. The second kappa shape index (κ2) is 6.34. The zero-order chi connectivity index (χ0) is 15.5. The first-order valence-corrected chi connectivity index (χ1v) is 6.66. The van der Waals surface area contributed by atoms with Crippen LogP contribution in [0.15, 0.2) is 24.3 Å². The summed E-state index contributed by atoms with van der Waals surface area (Å²) in [5.41, 5.74) is 0.540. The summed E-state index contributed by atoms with van der Waals surface area (Å²) >= 11 is 0. The summed E-state index contributed by atoms with van der Waals surface area (Å²) in [6.07, 6.45) is -4.36. The molecule has 0 unspecified atom stereocenters. The van der Waals surface area contributed by atoms with Gasteiger partial charge < -0.3 is 15.4 Å². The van der Waals surface area contributed by atoms with Crippen molar-refractivity contribution in [3.63, 3.8) is 0 Å². The van der Waals surface area contributed by atoms with Gasteiger partial charge in [-0.2, -0.15) is 13.2 Å².